The number of hydrogen-bond donors (Lipinski definition) is 1. The Bertz CT molecular complexity index is 1090. The first-order valence-electron chi connectivity index (χ1n) is 12.3. The van der Waals surface area contributed by atoms with Gasteiger partial charge in [0.2, 0.25) is 5.91 Å². The zero-order valence-corrected chi connectivity index (χ0v) is 20.5. The Morgan fingerprint density at radius 1 is 1.18 bits per heavy atom. The summed E-state index contributed by atoms with van der Waals surface area (Å²) in [6.45, 7) is 8.12. The highest BCUT2D eigenvalue weighted by molar-refractivity contribution is 6.12. The second kappa shape index (κ2) is 9.60. The molecule has 1 aliphatic carbocycles. The van der Waals surface area contributed by atoms with Gasteiger partial charge in [-0.3, -0.25) is 19.2 Å². The van der Waals surface area contributed by atoms with Crippen LogP contribution in [0.4, 0.5) is 5.69 Å². The molecule has 1 atom stereocenters. The summed E-state index contributed by atoms with van der Waals surface area (Å²) < 4.78 is 6.55. The van der Waals surface area contributed by atoms with E-state index in [1.807, 2.05) is 31.2 Å². The normalized spacial score (nSPS) is 24.5. The van der Waals surface area contributed by atoms with Crippen molar-refractivity contribution in [3.8, 4) is 0 Å². The highest BCUT2D eigenvalue weighted by Gasteiger charge is 2.50. The van der Waals surface area contributed by atoms with Gasteiger partial charge in [-0.1, -0.05) is 32.0 Å². The second-order valence-electron chi connectivity index (χ2n) is 9.62. The van der Waals surface area contributed by atoms with E-state index < -0.39 is 11.5 Å². The molecule has 0 saturated heterocycles. The Kier molecular flexibility index (Phi) is 6.77. The lowest BCUT2D eigenvalue weighted by Gasteiger charge is -2.44. The summed E-state index contributed by atoms with van der Waals surface area (Å²) >= 11 is 0. The molecule has 4 rings (SSSR count). The maximum absolute atomic E-state index is 13.9. The van der Waals surface area contributed by atoms with E-state index in [9.17, 15) is 14.4 Å². The number of aryl methyl sites for hydroxylation is 1. The molecule has 0 radical (unpaired) electrons. The summed E-state index contributed by atoms with van der Waals surface area (Å²) in [6, 6.07) is 9.21. The van der Waals surface area contributed by atoms with Crippen molar-refractivity contribution in [3.05, 3.63) is 47.3 Å². The van der Waals surface area contributed by atoms with Gasteiger partial charge in [-0.2, -0.15) is 5.10 Å². The number of nitrogens with one attached hydrogen (secondary N) is 1. The number of amides is 2. The van der Waals surface area contributed by atoms with Crippen LogP contribution in [0, 0.1) is 5.92 Å². The number of rotatable bonds is 6. The smallest absolute Gasteiger partial charge is 0.358 e. The van der Waals surface area contributed by atoms with Crippen molar-refractivity contribution in [2.45, 2.75) is 77.9 Å². The summed E-state index contributed by atoms with van der Waals surface area (Å²) in [6.07, 6.45) is 4.74. The molecule has 1 N–H and O–H groups in total. The predicted molar refractivity (Wildman–Crippen MR) is 129 cm³/mol. The molecule has 182 valence electrons. The monoisotopic (exact) mass is 466 g/mol. The third kappa shape index (κ3) is 4.33. The van der Waals surface area contributed by atoms with Crippen molar-refractivity contribution >= 4 is 23.5 Å². The highest BCUT2D eigenvalue weighted by atomic mass is 16.5. The maximum Gasteiger partial charge on any atom is 0.358 e. The van der Waals surface area contributed by atoms with Crippen LogP contribution in [0.15, 0.2) is 30.3 Å². The summed E-state index contributed by atoms with van der Waals surface area (Å²) in [5, 5.41) is 7.56. The molecule has 0 bridgehead atoms. The number of aromatic nitrogens is 2. The minimum Gasteiger partial charge on any atom is -0.461 e. The van der Waals surface area contributed by atoms with E-state index in [1.54, 1.807) is 18.7 Å². The number of para-hydroxylation sites is 1. The molecule has 2 aliphatic rings. The lowest BCUT2D eigenvalue weighted by Crippen LogP contribution is -2.65. The Balaban J connectivity index is 1.75. The lowest BCUT2D eigenvalue weighted by molar-refractivity contribution is -0.127. The average molecular weight is 467 g/mol. The Hall–Kier alpha value is -3.16. The van der Waals surface area contributed by atoms with Crippen LogP contribution in [0.3, 0.4) is 0 Å². The number of nitrogens with zero attached hydrogens (tertiary/aromatic N) is 3. The third-order valence-electron chi connectivity index (χ3n) is 7.09. The van der Waals surface area contributed by atoms with Gasteiger partial charge in [0, 0.05) is 17.8 Å². The third-order valence-corrected chi connectivity index (χ3v) is 7.09. The van der Waals surface area contributed by atoms with Crippen LogP contribution in [0.2, 0.25) is 0 Å². The Morgan fingerprint density at radius 2 is 1.88 bits per heavy atom. The van der Waals surface area contributed by atoms with Crippen LogP contribution in [0.25, 0.3) is 0 Å². The molecule has 8 nitrogen and oxygen atoms in total. The fourth-order valence-electron chi connectivity index (χ4n) is 5.04. The molecule has 2 heterocycles. The first-order valence-corrected chi connectivity index (χ1v) is 12.3. The van der Waals surface area contributed by atoms with Crippen LogP contribution in [0.5, 0.6) is 0 Å². The van der Waals surface area contributed by atoms with Gasteiger partial charge in [0.15, 0.2) is 5.69 Å². The number of hydrogen-bond acceptors (Lipinski definition) is 5. The van der Waals surface area contributed by atoms with Crippen LogP contribution in [-0.4, -0.2) is 45.8 Å². The fraction of sp³-hybridized carbons (Fsp3) is 0.538. The van der Waals surface area contributed by atoms with Crippen LogP contribution in [-0.2, 0) is 22.5 Å². The van der Waals surface area contributed by atoms with Crippen molar-refractivity contribution in [1.29, 1.82) is 0 Å². The molecule has 2 amide bonds. The molecule has 1 saturated carbocycles. The van der Waals surface area contributed by atoms with E-state index in [1.165, 1.54) is 10.7 Å². The molecule has 8 heteroatoms. The summed E-state index contributed by atoms with van der Waals surface area (Å²) in [4.78, 5) is 41.6. The minimum absolute atomic E-state index is 0.0693. The van der Waals surface area contributed by atoms with Gasteiger partial charge in [-0.25, -0.2) is 4.79 Å². The molecule has 2 aromatic rings. The SMILES string of the molecule is CCOC(=O)c1cc2n(n1)C[C@@](C)(C(=O)NC1CCC(C)CC1)N(c1ccccc1CC)C2=O. The van der Waals surface area contributed by atoms with Crippen molar-refractivity contribution in [1.82, 2.24) is 15.1 Å². The van der Waals surface area contributed by atoms with Crippen molar-refractivity contribution in [3.63, 3.8) is 0 Å². The van der Waals surface area contributed by atoms with E-state index in [2.05, 4.69) is 17.3 Å². The lowest BCUT2D eigenvalue weighted by atomic mass is 9.86. The van der Waals surface area contributed by atoms with Crippen LogP contribution >= 0.6 is 0 Å². The molecule has 0 spiro atoms. The quantitative estimate of drug-likeness (QED) is 0.655. The molecule has 1 aromatic heterocycles. The first kappa shape index (κ1) is 24.0. The number of anilines is 1. The van der Waals surface area contributed by atoms with Crippen LogP contribution < -0.4 is 10.2 Å². The number of carbonyl (C=O) groups is 3. The maximum atomic E-state index is 13.9. The summed E-state index contributed by atoms with van der Waals surface area (Å²) in [5.74, 6) is -0.476. The standard InChI is InChI=1S/C26H34N4O4/c1-5-18-9-7-8-10-21(18)30-23(31)22-15-20(24(32)34-6-2)28-29(22)16-26(30,4)25(33)27-19-13-11-17(3)12-14-19/h7-10,15,17,19H,5-6,11-14,16H2,1-4H3,(H,27,33)/t17?,19?,26-/m0/s1. The number of carbonyl (C=O) groups excluding carboxylic acids is 3. The minimum atomic E-state index is -1.21. The molecular weight excluding hydrogens is 432 g/mol. The average Bonchev–Trinajstić information content (AvgIpc) is 3.25. The molecule has 0 unspecified atom stereocenters. The molecule has 1 aromatic carbocycles. The number of esters is 1. The van der Waals surface area contributed by atoms with Gasteiger partial charge in [0.25, 0.3) is 5.91 Å². The van der Waals surface area contributed by atoms with Gasteiger partial charge in [0.1, 0.15) is 11.2 Å². The summed E-state index contributed by atoms with van der Waals surface area (Å²) in [7, 11) is 0. The van der Waals surface area contributed by atoms with E-state index >= 15 is 0 Å². The van der Waals surface area contributed by atoms with Gasteiger partial charge >= 0.3 is 5.97 Å². The predicted octanol–water partition coefficient (Wildman–Crippen LogP) is 3.74. The van der Waals surface area contributed by atoms with Gasteiger partial charge in [-0.15, -0.1) is 0 Å². The topological polar surface area (TPSA) is 93.5 Å². The van der Waals surface area contributed by atoms with E-state index in [0.717, 1.165) is 31.2 Å². The van der Waals surface area contributed by atoms with Gasteiger partial charge in [0.05, 0.1) is 13.2 Å². The molecule has 34 heavy (non-hydrogen) atoms. The second-order valence-corrected chi connectivity index (χ2v) is 9.62. The highest BCUT2D eigenvalue weighted by Crippen LogP contribution is 2.35. The van der Waals surface area contributed by atoms with Crippen molar-refractivity contribution in [2.75, 3.05) is 11.5 Å². The Labute approximate surface area is 200 Å². The van der Waals surface area contributed by atoms with Crippen molar-refractivity contribution in [2.24, 2.45) is 5.92 Å². The van der Waals surface area contributed by atoms with Gasteiger partial charge in [-0.05, 0) is 63.5 Å². The summed E-state index contributed by atoms with van der Waals surface area (Å²) in [5.41, 5.74) is 0.802. The van der Waals surface area contributed by atoms with Crippen LogP contribution in [0.1, 0.15) is 79.9 Å². The molecular formula is C26H34N4O4. The van der Waals surface area contributed by atoms with E-state index in [-0.39, 0.29) is 42.4 Å². The number of benzene rings is 1. The van der Waals surface area contributed by atoms with Gasteiger partial charge < -0.3 is 10.1 Å². The van der Waals surface area contributed by atoms with E-state index in [4.69, 9.17) is 4.74 Å². The zero-order valence-electron chi connectivity index (χ0n) is 20.5. The fourth-order valence-corrected chi connectivity index (χ4v) is 5.04. The molecule has 1 aliphatic heterocycles. The number of ether oxygens (including phenoxy) is 1. The first-order chi connectivity index (χ1) is 16.3. The van der Waals surface area contributed by atoms with Crippen molar-refractivity contribution < 1.29 is 19.1 Å². The largest absolute Gasteiger partial charge is 0.461 e. The zero-order chi connectivity index (χ0) is 24.5. The Morgan fingerprint density at radius 3 is 2.56 bits per heavy atom. The number of fused-ring (bicyclic) bond motifs is 1. The molecule has 1 fully saturated rings. The van der Waals surface area contributed by atoms with E-state index in [0.29, 0.717) is 18.0 Å².